The second-order valence-electron chi connectivity index (χ2n) is 11.1. The molecule has 2 aromatic rings. The van der Waals surface area contributed by atoms with Crippen LogP contribution >= 0.6 is 0 Å². The van der Waals surface area contributed by atoms with Crippen molar-refractivity contribution in [1.29, 1.82) is 0 Å². The average molecular weight is 477 g/mol. The molecule has 1 spiro atoms. The van der Waals surface area contributed by atoms with Gasteiger partial charge in [0.15, 0.2) is 5.78 Å². The molecule has 6 rings (SSSR count). The maximum absolute atomic E-state index is 13.2. The summed E-state index contributed by atoms with van der Waals surface area (Å²) < 4.78 is 5.40. The molecule has 1 N–H and O–H groups in total. The highest BCUT2D eigenvalue weighted by atomic mass is 16.5. The maximum Gasteiger partial charge on any atom is 0.253 e. The van der Waals surface area contributed by atoms with Crippen molar-refractivity contribution in [3.8, 4) is 11.1 Å². The Morgan fingerprint density at radius 2 is 1.80 bits per heavy atom. The predicted octanol–water partition coefficient (Wildman–Crippen LogP) is 5.27. The molecular weight excluding hydrogens is 436 g/mol. The van der Waals surface area contributed by atoms with Crippen LogP contribution in [0.4, 0.5) is 0 Å². The molecule has 35 heavy (non-hydrogen) atoms. The highest BCUT2D eigenvalue weighted by Crippen LogP contribution is 2.32. The van der Waals surface area contributed by atoms with E-state index in [1.165, 1.54) is 18.4 Å². The summed E-state index contributed by atoms with van der Waals surface area (Å²) in [6.07, 6.45) is 6.58. The lowest BCUT2D eigenvalue weighted by Crippen LogP contribution is -2.71. The number of fused-ring (bicyclic) bond motifs is 1. The predicted molar refractivity (Wildman–Crippen MR) is 140 cm³/mol. The number of aryl methyl sites for hydroxylation is 1. The monoisotopic (exact) mass is 476 g/mol. The van der Waals surface area contributed by atoms with Crippen LogP contribution in [0.15, 0.2) is 48.5 Å². The minimum Gasteiger partial charge on any atom is -0.376 e. The average Bonchev–Trinajstić information content (AvgIpc) is 3.63. The first-order valence-electron chi connectivity index (χ1n) is 13.3. The lowest BCUT2D eigenvalue weighted by molar-refractivity contribution is -0.150. The van der Waals surface area contributed by atoms with Gasteiger partial charge in [-0.2, -0.15) is 0 Å². The zero-order valence-corrected chi connectivity index (χ0v) is 21.1. The van der Waals surface area contributed by atoms with Crippen LogP contribution in [0.2, 0.25) is 0 Å². The Morgan fingerprint density at radius 3 is 2.43 bits per heavy atom. The van der Waals surface area contributed by atoms with Crippen LogP contribution in [0.5, 0.6) is 0 Å². The van der Waals surface area contributed by atoms with E-state index in [1.807, 2.05) is 29.2 Å². The van der Waals surface area contributed by atoms with E-state index in [2.05, 4.69) is 43.4 Å². The molecular formula is C30H40N2O3. The first-order chi connectivity index (χ1) is 16.9. The van der Waals surface area contributed by atoms with Crippen molar-refractivity contribution < 1.29 is 15.8 Å². The fourth-order valence-corrected chi connectivity index (χ4v) is 5.42. The second kappa shape index (κ2) is 10.2. The molecule has 1 amide bonds. The van der Waals surface area contributed by atoms with Crippen molar-refractivity contribution in [2.24, 2.45) is 11.8 Å². The third kappa shape index (κ3) is 5.52. The van der Waals surface area contributed by atoms with Crippen LogP contribution in [0, 0.1) is 18.8 Å². The van der Waals surface area contributed by atoms with Gasteiger partial charge in [0, 0.05) is 32.5 Å². The van der Waals surface area contributed by atoms with E-state index >= 15 is 0 Å². The Labute approximate surface area is 210 Å². The maximum atomic E-state index is 13.2. The van der Waals surface area contributed by atoms with Gasteiger partial charge in [-0.1, -0.05) is 61.7 Å². The summed E-state index contributed by atoms with van der Waals surface area (Å²) in [6.45, 7) is 6.71. The third-order valence-electron chi connectivity index (χ3n) is 8.06. The number of hydrogen-bond acceptors (Lipinski definition) is 4. The molecule has 0 bridgehead atoms. The molecule has 4 aliphatic rings. The lowest BCUT2D eigenvalue weighted by Gasteiger charge is -2.49. The van der Waals surface area contributed by atoms with Crippen molar-refractivity contribution >= 4 is 11.7 Å². The number of hydrogen-bond donors (Lipinski definition) is 1. The molecule has 3 aliphatic heterocycles. The van der Waals surface area contributed by atoms with Gasteiger partial charge in [0.1, 0.15) is 5.54 Å². The number of nitrogens with one attached hydrogen (secondary N) is 1. The first-order valence-corrected chi connectivity index (χ1v) is 13.3. The number of ether oxygens (including phenoxy) is 1. The van der Waals surface area contributed by atoms with Crippen LogP contribution in [-0.4, -0.2) is 54.5 Å². The van der Waals surface area contributed by atoms with E-state index in [-0.39, 0.29) is 19.2 Å². The minimum atomic E-state index is -0.523. The first kappa shape index (κ1) is 24.2. The molecule has 2 atom stereocenters. The van der Waals surface area contributed by atoms with Crippen molar-refractivity contribution in [3.05, 3.63) is 59.7 Å². The summed E-state index contributed by atoms with van der Waals surface area (Å²) in [5.74, 6) is 1.94. The highest BCUT2D eigenvalue weighted by Gasteiger charge is 2.49. The molecule has 5 nitrogen and oxygen atoms in total. The van der Waals surface area contributed by atoms with Gasteiger partial charge in [-0.25, -0.2) is 0 Å². The van der Waals surface area contributed by atoms with Gasteiger partial charge in [-0.3, -0.25) is 14.9 Å². The third-order valence-corrected chi connectivity index (χ3v) is 8.06. The Balaban J connectivity index is 0.000000556. The molecule has 1 saturated carbocycles. The van der Waals surface area contributed by atoms with Gasteiger partial charge in [0.05, 0.1) is 13.2 Å². The van der Waals surface area contributed by atoms with Gasteiger partial charge in [-0.05, 0) is 61.3 Å². The largest absolute Gasteiger partial charge is 0.376 e. The normalized spacial score (nSPS) is 25.4. The number of piperidine rings is 1. The fraction of sp³-hybridized carbons (Fsp3) is 0.533. The van der Waals surface area contributed by atoms with Gasteiger partial charge in [0.2, 0.25) is 0 Å². The number of amides is 1. The molecule has 5 heteroatoms. The Hall–Kier alpha value is -2.50. The zero-order valence-electron chi connectivity index (χ0n) is 21.1. The fourth-order valence-electron chi connectivity index (χ4n) is 5.42. The zero-order chi connectivity index (χ0) is 24.4. The van der Waals surface area contributed by atoms with Crippen molar-refractivity contribution in [2.45, 2.75) is 64.0 Å². The molecule has 188 valence electrons. The smallest absolute Gasteiger partial charge is 0.253 e. The van der Waals surface area contributed by atoms with Crippen LogP contribution in [0.3, 0.4) is 0 Å². The number of ketones is 1. The van der Waals surface area contributed by atoms with Crippen LogP contribution in [0.25, 0.3) is 11.1 Å². The van der Waals surface area contributed by atoms with E-state index in [9.17, 15) is 9.59 Å². The summed E-state index contributed by atoms with van der Waals surface area (Å²) in [5.41, 5.74) is 3.70. The summed E-state index contributed by atoms with van der Waals surface area (Å²) in [4.78, 5) is 27.8. The summed E-state index contributed by atoms with van der Waals surface area (Å²) in [7, 11) is 0. The van der Waals surface area contributed by atoms with E-state index < -0.39 is 5.54 Å². The van der Waals surface area contributed by atoms with Crippen molar-refractivity contribution in [3.63, 3.8) is 0 Å². The molecule has 2 aromatic carbocycles. The van der Waals surface area contributed by atoms with Gasteiger partial charge >= 0.3 is 0 Å². The molecule has 3 heterocycles. The summed E-state index contributed by atoms with van der Waals surface area (Å²) in [5, 5.41) is 3.62. The SMILES string of the molecule is CC1CC1.Cc1cccc(-c2ccc(C(=O)N3CCC4CCCC(=O)C5(COC5)NC4C3)cc2)c1.[HH]. The molecule has 0 radical (unpaired) electrons. The Bertz CT molecular complexity index is 1060. The lowest BCUT2D eigenvalue weighted by atomic mass is 9.78. The molecule has 3 saturated heterocycles. The number of Topliss-reactive ketones (excluding diaryl/α,β-unsaturated/α-hetero) is 1. The van der Waals surface area contributed by atoms with Gasteiger partial charge in [-0.15, -0.1) is 0 Å². The van der Waals surface area contributed by atoms with Gasteiger partial charge in [0.25, 0.3) is 5.91 Å². The molecule has 1 aliphatic carbocycles. The number of carbonyl (C=O) groups is 2. The second-order valence-corrected chi connectivity index (χ2v) is 11.1. The van der Waals surface area contributed by atoms with E-state index in [1.54, 1.807) is 0 Å². The quantitative estimate of drug-likeness (QED) is 0.642. The van der Waals surface area contributed by atoms with Crippen LogP contribution in [-0.2, 0) is 9.53 Å². The van der Waals surface area contributed by atoms with E-state index in [4.69, 9.17) is 4.74 Å². The Kier molecular flexibility index (Phi) is 7.08. The number of likely N-dealkylation sites (tertiary alicyclic amines) is 1. The minimum absolute atomic E-state index is 0. The number of rotatable bonds is 2. The molecule has 2 unspecified atom stereocenters. The van der Waals surface area contributed by atoms with E-state index in [0.717, 1.165) is 48.4 Å². The van der Waals surface area contributed by atoms with Crippen molar-refractivity contribution in [1.82, 2.24) is 10.2 Å². The number of carbonyl (C=O) groups excluding carboxylic acids is 2. The summed E-state index contributed by atoms with van der Waals surface area (Å²) in [6, 6.07) is 16.5. The molecule has 4 fully saturated rings. The summed E-state index contributed by atoms with van der Waals surface area (Å²) >= 11 is 0. The van der Waals surface area contributed by atoms with Crippen LogP contribution < -0.4 is 5.32 Å². The topological polar surface area (TPSA) is 58.6 Å². The highest BCUT2D eigenvalue weighted by molar-refractivity contribution is 5.95. The Morgan fingerprint density at radius 1 is 1.06 bits per heavy atom. The van der Waals surface area contributed by atoms with Crippen LogP contribution in [0.1, 0.15) is 62.8 Å². The molecule has 0 aromatic heterocycles. The number of benzene rings is 2. The number of nitrogens with zero attached hydrogens (tertiary/aromatic N) is 1. The standard InChI is InChI=1S/C26H30N2O3.C4H8.H2/c1-18-4-2-6-22(14-18)19-8-10-21(11-9-19)25(30)28-13-12-20-5-3-7-24(29)26(16-31-17-26)27-23(20)15-28;1-4-2-3-4;/h2,4,6,8-11,14,20,23,27H,3,5,7,12-13,15-17H2,1H3;4H,2-3H2,1H3;1H. The van der Waals surface area contributed by atoms with Crippen molar-refractivity contribution in [2.75, 3.05) is 26.3 Å². The van der Waals surface area contributed by atoms with Gasteiger partial charge < -0.3 is 9.64 Å². The van der Waals surface area contributed by atoms with E-state index in [0.29, 0.717) is 32.1 Å².